The zero-order valence-corrected chi connectivity index (χ0v) is 12.7. The molecule has 0 unspecified atom stereocenters. The minimum Gasteiger partial charge on any atom is -0.480 e. The highest BCUT2D eigenvalue weighted by atomic mass is 16.6. The summed E-state index contributed by atoms with van der Waals surface area (Å²) >= 11 is 0. The topological polar surface area (TPSA) is 127 Å². The SMILES string of the molecule is CCC(=O)CC[C@H](NC(=O)Cc1cccc([N+](=O)[O-])c1)C(=O)O. The number of rotatable bonds is 9. The van der Waals surface area contributed by atoms with Gasteiger partial charge in [-0.25, -0.2) is 4.79 Å². The fraction of sp³-hybridized carbons (Fsp3) is 0.400. The van der Waals surface area contributed by atoms with Crippen molar-refractivity contribution >= 4 is 23.3 Å². The predicted octanol–water partition coefficient (Wildman–Crippen LogP) is 1.47. The van der Waals surface area contributed by atoms with Crippen LogP contribution in [0.5, 0.6) is 0 Å². The molecule has 0 aromatic heterocycles. The van der Waals surface area contributed by atoms with Crippen molar-refractivity contribution < 1.29 is 24.4 Å². The van der Waals surface area contributed by atoms with Gasteiger partial charge in [0.2, 0.25) is 5.91 Å². The summed E-state index contributed by atoms with van der Waals surface area (Å²) in [5.41, 5.74) is 0.268. The fourth-order valence-corrected chi connectivity index (χ4v) is 1.95. The Morgan fingerprint density at radius 3 is 2.61 bits per heavy atom. The molecule has 0 bridgehead atoms. The highest BCUT2D eigenvalue weighted by Crippen LogP contribution is 2.13. The molecule has 0 spiro atoms. The molecule has 1 amide bonds. The average Bonchev–Trinajstić information content (AvgIpc) is 2.50. The number of ketones is 1. The second-order valence-electron chi connectivity index (χ2n) is 4.99. The van der Waals surface area contributed by atoms with Gasteiger partial charge < -0.3 is 10.4 Å². The van der Waals surface area contributed by atoms with Crippen LogP contribution in [0.3, 0.4) is 0 Å². The average molecular weight is 322 g/mol. The molecule has 0 heterocycles. The number of nitro benzene ring substituents is 1. The van der Waals surface area contributed by atoms with E-state index >= 15 is 0 Å². The molecule has 0 aliphatic carbocycles. The van der Waals surface area contributed by atoms with Crippen molar-refractivity contribution in [3.05, 3.63) is 39.9 Å². The van der Waals surface area contributed by atoms with E-state index in [1.165, 1.54) is 18.2 Å². The van der Waals surface area contributed by atoms with Crippen LogP contribution in [0, 0.1) is 10.1 Å². The zero-order valence-electron chi connectivity index (χ0n) is 12.7. The molecule has 1 rings (SSSR count). The number of aliphatic carboxylic acids is 1. The maximum Gasteiger partial charge on any atom is 0.326 e. The van der Waals surface area contributed by atoms with E-state index in [0.717, 1.165) is 0 Å². The maximum atomic E-state index is 11.9. The van der Waals surface area contributed by atoms with Crippen molar-refractivity contribution in [2.24, 2.45) is 0 Å². The molecular formula is C15H18N2O6. The van der Waals surface area contributed by atoms with Gasteiger partial charge in [0.15, 0.2) is 0 Å². The van der Waals surface area contributed by atoms with E-state index in [9.17, 15) is 24.5 Å². The third-order valence-electron chi connectivity index (χ3n) is 3.23. The van der Waals surface area contributed by atoms with Gasteiger partial charge in [-0.15, -0.1) is 0 Å². The third kappa shape index (κ3) is 6.25. The Morgan fingerprint density at radius 1 is 1.35 bits per heavy atom. The summed E-state index contributed by atoms with van der Waals surface area (Å²) in [6.45, 7) is 1.68. The lowest BCUT2D eigenvalue weighted by Gasteiger charge is -2.14. The first-order chi connectivity index (χ1) is 10.8. The lowest BCUT2D eigenvalue weighted by atomic mass is 10.1. The molecule has 0 saturated carbocycles. The van der Waals surface area contributed by atoms with Crippen LogP contribution in [-0.4, -0.2) is 33.7 Å². The standard InChI is InChI=1S/C15H18N2O6/c1-2-12(18)6-7-13(15(20)21)16-14(19)9-10-4-3-5-11(8-10)17(22)23/h3-5,8,13H,2,6-7,9H2,1H3,(H,16,19)(H,20,21)/t13-/m0/s1. The predicted molar refractivity (Wildman–Crippen MR) is 80.9 cm³/mol. The number of nitro groups is 1. The number of carboxylic acids is 1. The van der Waals surface area contributed by atoms with Crippen LogP contribution in [0.25, 0.3) is 0 Å². The minimum atomic E-state index is -1.22. The monoisotopic (exact) mass is 322 g/mol. The fourth-order valence-electron chi connectivity index (χ4n) is 1.95. The Hall–Kier alpha value is -2.77. The first kappa shape index (κ1) is 18.3. The van der Waals surface area contributed by atoms with Crippen molar-refractivity contribution in [3.8, 4) is 0 Å². The first-order valence-corrected chi connectivity index (χ1v) is 7.10. The number of nitrogens with zero attached hydrogens (tertiary/aromatic N) is 1. The van der Waals surface area contributed by atoms with Crippen LogP contribution < -0.4 is 5.32 Å². The summed E-state index contributed by atoms with van der Waals surface area (Å²) in [5, 5.41) is 22.1. The van der Waals surface area contributed by atoms with E-state index in [-0.39, 0.29) is 30.7 Å². The summed E-state index contributed by atoms with van der Waals surface area (Å²) in [7, 11) is 0. The number of amides is 1. The lowest BCUT2D eigenvalue weighted by Crippen LogP contribution is -2.41. The van der Waals surface area contributed by atoms with Gasteiger partial charge in [0.25, 0.3) is 5.69 Å². The number of carbonyl (C=O) groups excluding carboxylic acids is 2. The molecule has 0 radical (unpaired) electrons. The Bertz CT molecular complexity index is 614. The lowest BCUT2D eigenvalue weighted by molar-refractivity contribution is -0.384. The second kappa shape index (κ2) is 8.62. The van der Waals surface area contributed by atoms with Gasteiger partial charge >= 0.3 is 5.97 Å². The number of Topliss-reactive ketones (excluding diaryl/α,β-unsaturated/α-hetero) is 1. The largest absolute Gasteiger partial charge is 0.480 e. The normalized spacial score (nSPS) is 11.5. The van der Waals surface area contributed by atoms with Crippen LogP contribution in [0.2, 0.25) is 0 Å². The van der Waals surface area contributed by atoms with Gasteiger partial charge in [0.1, 0.15) is 11.8 Å². The van der Waals surface area contributed by atoms with Crippen LogP contribution >= 0.6 is 0 Å². The van der Waals surface area contributed by atoms with Crippen molar-refractivity contribution in [2.75, 3.05) is 0 Å². The Kier molecular flexibility index (Phi) is 6.85. The van der Waals surface area contributed by atoms with Gasteiger partial charge in [0.05, 0.1) is 11.3 Å². The number of nitrogens with one attached hydrogen (secondary N) is 1. The number of benzene rings is 1. The van der Waals surface area contributed by atoms with E-state index in [2.05, 4.69) is 5.32 Å². The number of non-ortho nitro benzene ring substituents is 1. The first-order valence-electron chi connectivity index (χ1n) is 7.10. The number of hydrogen-bond donors (Lipinski definition) is 2. The van der Waals surface area contributed by atoms with E-state index in [4.69, 9.17) is 5.11 Å². The van der Waals surface area contributed by atoms with Crippen molar-refractivity contribution in [1.29, 1.82) is 0 Å². The molecule has 0 aliphatic rings. The zero-order chi connectivity index (χ0) is 17.4. The van der Waals surface area contributed by atoms with Gasteiger partial charge in [-0.1, -0.05) is 19.1 Å². The summed E-state index contributed by atoms with van der Waals surface area (Å²) < 4.78 is 0. The molecule has 8 nitrogen and oxygen atoms in total. The molecule has 8 heteroatoms. The molecule has 1 aromatic rings. The summed E-state index contributed by atoms with van der Waals surface area (Å²) in [4.78, 5) is 44.4. The number of hydrogen-bond acceptors (Lipinski definition) is 5. The summed E-state index contributed by atoms with van der Waals surface area (Å²) in [6.07, 6.45) is 0.231. The van der Waals surface area contributed by atoms with Crippen LogP contribution in [0.15, 0.2) is 24.3 Å². The molecule has 124 valence electrons. The number of carboxylic acid groups (broad SMARTS) is 1. The van der Waals surface area contributed by atoms with Crippen molar-refractivity contribution in [3.63, 3.8) is 0 Å². The van der Waals surface area contributed by atoms with Crippen LogP contribution in [0.4, 0.5) is 5.69 Å². The van der Waals surface area contributed by atoms with E-state index in [1.807, 2.05) is 0 Å². The van der Waals surface area contributed by atoms with Gasteiger partial charge in [-0.3, -0.25) is 19.7 Å². The van der Waals surface area contributed by atoms with E-state index in [1.54, 1.807) is 13.0 Å². The van der Waals surface area contributed by atoms with Crippen LogP contribution in [0.1, 0.15) is 31.7 Å². The summed E-state index contributed by atoms with van der Waals surface area (Å²) in [6, 6.07) is 4.41. The molecule has 1 atom stereocenters. The molecule has 0 aliphatic heterocycles. The minimum absolute atomic E-state index is 0.0166. The molecule has 23 heavy (non-hydrogen) atoms. The van der Waals surface area contributed by atoms with Gasteiger partial charge in [-0.2, -0.15) is 0 Å². The highest BCUT2D eigenvalue weighted by molar-refractivity contribution is 5.85. The van der Waals surface area contributed by atoms with E-state index < -0.39 is 22.8 Å². The molecule has 0 saturated heterocycles. The highest BCUT2D eigenvalue weighted by Gasteiger charge is 2.21. The number of carbonyl (C=O) groups is 3. The smallest absolute Gasteiger partial charge is 0.326 e. The molecule has 2 N–H and O–H groups in total. The van der Waals surface area contributed by atoms with Gasteiger partial charge in [-0.05, 0) is 12.0 Å². The molecule has 0 fully saturated rings. The summed E-state index contributed by atoms with van der Waals surface area (Å²) in [5.74, 6) is -1.87. The Morgan fingerprint density at radius 2 is 2.04 bits per heavy atom. The van der Waals surface area contributed by atoms with Crippen LogP contribution in [-0.2, 0) is 20.8 Å². The second-order valence-corrected chi connectivity index (χ2v) is 4.99. The van der Waals surface area contributed by atoms with E-state index in [0.29, 0.717) is 12.0 Å². The van der Waals surface area contributed by atoms with Gasteiger partial charge in [0, 0.05) is 25.0 Å². The quantitative estimate of drug-likeness (QED) is 0.523. The Balaban J connectivity index is 2.65. The van der Waals surface area contributed by atoms with Crippen molar-refractivity contribution in [2.45, 2.75) is 38.6 Å². The molecular weight excluding hydrogens is 304 g/mol. The molecule has 1 aromatic carbocycles. The van der Waals surface area contributed by atoms with Crippen molar-refractivity contribution in [1.82, 2.24) is 5.32 Å². The maximum absolute atomic E-state index is 11.9. The third-order valence-corrected chi connectivity index (χ3v) is 3.23. The Labute approximate surface area is 132 Å².